The van der Waals surface area contributed by atoms with Gasteiger partial charge in [-0.05, 0) is 39.5 Å². The number of terminal acetylenes is 1. The molecule has 0 unspecified atom stereocenters. The molecule has 2 aliphatic rings. The first-order valence-electron chi connectivity index (χ1n) is 10.6. The van der Waals surface area contributed by atoms with Crippen molar-refractivity contribution in [2.75, 3.05) is 39.3 Å². The van der Waals surface area contributed by atoms with E-state index in [9.17, 15) is 9.59 Å². The maximum absolute atomic E-state index is 13.2. The molecule has 2 saturated heterocycles. The third-order valence-corrected chi connectivity index (χ3v) is 5.26. The zero-order valence-electron chi connectivity index (χ0n) is 18.6. The first kappa shape index (κ1) is 23.5. The van der Waals surface area contributed by atoms with Gasteiger partial charge in [0.15, 0.2) is 0 Å². The van der Waals surface area contributed by atoms with E-state index in [2.05, 4.69) is 30.0 Å². The Labute approximate surface area is 175 Å². The van der Waals surface area contributed by atoms with Crippen LogP contribution in [0.25, 0.3) is 0 Å². The molecule has 2 amide bonds. The molecule has 29 heavy (non-hydrogen) atoms. The van der Waals surface area contributed by atoms with E-state index in [0.717, 1.165) is 26.1 Å². The highest BCUT2D eigenvalue weighted by molar-refractivity contribution is 5.91. The van der Waals surface area contributed by atoms with Gasteiger partial charge in [-0.3, -0.25) is 14.6 Å². The van der Waals surface area contributed by atoms with Crippen LogP contribution in [0.3, 0.4) is 0 Å². The molecule has 0 aromatic heterocycles. The average molecular weight is 408 g/mol. The second-order valence-corrected chi connectivity index (χ2v) is 9.50. The molecule has 2 heterocycles. The van der Waals surface area contributed by atoms with Gasteiger partial charge in [0.25, 0.3) is 0 Å². The number of nitrogens with one attached hydrogen (secondary N) is 1. The minimum Gasteiger partial charge on any atom is -0.444 e. The lowest BCUT2D eigenvalue weighted by Crippen LogP contribution is -2.59. The first-order valence-corrected chi connectivity index (χ1v) is 10.6. The molecule has 164 valence electrons. The van der Waals surface area contributed by atoms with Crippen LogP contribution in [0.1, 0.15) is 53.9 Å². The van der Waals surface area contributed by atoms with Crippen LogP contribution in [0.2, 0.25) is 0 Å². The van der Waals surface area contributed by atoms with Gasteiger partial charge >= 0.3 is 6.09 Å². The third-order valence-electron chi connectivity index (χ3n) is 5.26. The number of carbonyl (C=O) groups is 2. The Morgan fingerprint density at radius 3 is 2.69 bits per heavy atom. The van der Waals surface area contributed by atoms with E-state index < -0.39 is 17.2 Å². The van der Waals surface area contributed by atoms with Gasteiger partial charge in [-0.2, -0.15) is 0 Å². The molecule has 0 radical (unpaired) electrons. The van der Waals surface area contributed by atoms with E-state index >= 15 is 0 Å². The van der Waals surface area contributed by atoms with Crippen molar-refractivity contribution in [3.63, 3.8) is 0 Å². The van der Waals surface area contributed by atoms with Crippen molar-refractivity contribution >= 4 is 12.0 Å². The van der Waals surface area contributed by atoms with Crippen LogP contribution in [0.5, 0.6) is 0 Å². The summed E-state index contributed by atoms with van der Waals surface area (Å²) in [6, 6.07) is 0. The van der Waals surface area contributed by atoms with Gasteiger partial charge in [-0.15, -0.1) is 12.3 Å². The molecule has 0 aliphatic carbocycles. The van der Waals surface area contributed by atoms with Crippen LogP contribution in [0.4, 0.5) is 4.79 Å². The monoisotopic (exact) mass is 407 g/mol. The molecule has 0 spiro atoms. The number of nitrogens with zero attached hydrogens (tertiary/aromatic N) is 2. The summed E-state index contributed by atoms with van der Waals surface area (Å²) in [5.74, 6) is 2.96. The first-order chi connectivity index (χ1) is 13.6. The van der Waals surface area contributed by atoms with Crippen molar-refractivity contribution in [3.8, 4) is 12.3 Å². The van der Waals surface area contributed by atoms with Crippen LogP contribution in [0, 0.1) is 18.3 Å². The SMILES string of the molecule is C#CC[C@@]1(C(=O)NC[C@@H]2CN(CC(C)C)CCO2)CCCN1C(=O)OC(C)(C)C. The van der Waals surface area contributed by atoms with Crippen molar-refractivity contribution in [1.82, 2.24) is 15.1 Å². The number of likely N-dealkylation sites (tertiary alicyclic amines) is 1. The second kappa shape index (κ2) is 9.82. The van der Waals surface area contributed by atoms with Crippen molar-refractivity contribution in [3.05, 3.63) is 0 Å². The van der Waals surface area contributed by atoms with E-state index in [0.29, 0.717) is 32.0 Å². The fourth-order valence-electron chi connectivity index (χ4n) is 4.09. The molecule has 1 N–H and O–H groups in total. The van der Waals surface area contributed by atoms with Crippen molar-refractivity contribution < 1.29 is 19.1 Å². The Kier molecular flexibility index (Phi) is 7.95. The predicted molar refractivity (Wildman–Crippen MR) is 112 cm³/mol. The highest BCUT2D eigenvalue weighted by Gasteiger charge is 2.50. The summed E-state index contributed by atoms with van der Waals surface area (Å²) in [5, 5.41) is 3.01. The fraction of sp³-hybridized carbons (Fsp3) is 0.818. The molecule has 7 nitrogen and oxygen atoms in total. The molecular formula is C22H37N3O4. The van der Waals surface area contributed by atoms with E-state index in [1.54, 1.807) is 0 Å². The van der Waals surface area contributed by atoms with E-state index in [1.165, 1.54) is 4.90 Å². The van der Waals surface area contributed by atoms with Crippen LogP contribution < -0.4 is 5.32 Å². The highest BCUT2D eigenvalue weighted by atomic mass is 16.6. The summed E-state index contributed by atoms with van der Waals surface area (Å²) < 4.78 is 11.4. The lowest BCUT2D eigenvalue weighted by Gasteiger charge is -2.38. The molecule has 0 aromatic rings. The van der Waals surface area contributed by atoms with Gasteiger partial charge < -0.3 is 14.8 Å². The summed E-state index contributed by atoms with van der Waals surface area (Å²) >= 11 is 0. The second-order valence-electron chi connectivity index (χ2n) is 9.50. The largest absolute Gasteiger partial charge is 0.444 e. The van der Waals surface area contributed by atoms with Gasteiger partial charge in [0.1, 0.15) is 11.1 Å². The van der Waals surface area contributed by atoms with Gasteiger partial charge in [-0.1, -0.05) is 13.8 Å². The lowest BCUT2D eigenvalue weighted by molar-refractivity contribution is -0.132. The van der Waals surface area contributed by atoms with E-state index in [4.69, 9.17) is 15.9 Å². The minimum atomic E-state index is -1.05. The fourth-order valence-corrected chi connectivity index (χ4v) is 4.09. The molecule has 0 saturated carbocycles. The van der Waals surface area contributed by atoms with Gasteiger partial charge in [-0.25, -0.2) is 4.79 Å². The maximum Gasteiger partial charge on any atom is 0.411 e. The van der Waals surface area contributed by atoms with Crippen LogP contribution in [0.15, 0.2) is 0 Å². The molecule has 2 rings (SSSR count). The Morgan fingerprint density at radius 2 is 2.07 bits per heavy atom. The number of hydrogen-bond donors (Lipinski definition) is 1. The topological polar surface area (TPSA) is 71.1 Å². The number of amides is 2. The summed E-state index contributed by atoms with van der Waals surface area (Å²) in [4.78, 5) is 29.8. The number of morpholine rings is 1. The quantitative estimate of drug-likeness (QED) is 0.684. The normalized spacial score (nSPS) is 25.7. The van der Waals surface area contributed by atoms with Crippen molar-refractivity contribution in [1.29, 1.82) is 0 Å². The molecular weight excluding hydrogens is 370 g/mol. The van der Waals surface area contributed by atoms with Crippen LogP contribution in [-0.4, -0.2) is 78.4 Å². The third kappa shape index (κ3) is 6.35. The zero-order valence-corrected chi connectivity index (χ0v) is 18.6. The van der Waals surface area contributed by atoms with Crippen molar-refractivity contribution in [2.24, 2.45) is 5.92 Å². The molecule has 7 heteroatoms. The van der Waals surface area contributed by atoms with Gasteiger partial charge in [0.05, 0.1) is 12.7 Å². The number of carbonyl (C=O) groups excluding carboxylic acids is 2. The molecule has 2 fully saturated rings. The highest BCUT2D eigenvalue weighted by Crippen LogP contribution is 2.34. The number of ether oxygens (including phenoxy) is 2. The molecule has 0 bridgehead atoms. The summed E-state index contributed by atoms with van der Waals surface area (Å²) in [5.41, 5.74) is -1.68. The van der Waals surface area contributed by atoms with E-state index in [1.807, 2.05) is 20.8 Å². The minimum absolute atomic E-state index is 0.0642. The average Bonchev–Trinajstić information content (AvgIpc) is 3.03. The Hall–Kier alpha value is -1.78. The lowest BCUT2D eigenvalue weighted by atomic mass is 9.91. The summed E-state index contributed by atoms with van der Waals surface area (Å²) in [6.45, 7) is 14.1. The number of hydrogen-bond acceptors (Lipinski definition) is 5. The van der Waals surface area contributed by atoms with Crippen LogP contribution in [-0.2, 0) is 14.3 Å². The smallest absolute Gasteiger partial charge is 0.411 e. The van der Waals surface area contributed by atoms with Crippen molar-refractivity contribution in [2.45, 2.75) is 71.1 Å². The zero-order chi connectivity index (χ0) is 21.7. The van der Waals surface area contributed by atoms with Gasteiger partial charge in [0, 0.05) is 39.1 Å². The number of rotatable bonds is 6. The van der Waals surface area contributed by atoms with Crippen LogP contribution >= 0.6 is 0 Å². The Morgan fingerprint density at radius 1 is 1.34 bits per heavy atom. The molecule has 2 atom stereocenters. The predicted octanol–water partition coefficient (Wildman–Crippen LogP) is 2.25. The summed E-state index contributed by atoms with van der Waals surface area (Å²) in [7, 11) is 0. The standard InChI is InChI=1S/C22H37N3O4/c1-7-9-22(10-8-11-25(22)20(27)29-21(4,5)6)19(26)23-14-18-16-24(12-13-28-18)15-17(2)3/h1,17-18H,8-16H2,2-6H3,(H,23,26)/t18-,22+/m1/s1. The maximum atomic E-state index is 13.2. The van der Waals surface area contributed by atoms with E-state index in [-0.39, 0.29) is 18.4 Å². The Balaban J connectivity index is 2.03. The molecule has 0 aromatic carbocycles. The molecule has 2 aliphatic heterocycles. The Bertz CT molecular complexity index is 623. The van der Waals surface area contributed by atoms with Gasteiger partial charge in [0.2, 0.25) is 5.91 Å². The summed E-state index contributed by atoms with van der Waals surface area (Å²) in [6.07, 6.45) is 6.46.